The van der Waals surface area contributed by atoms with Crippen LogP contribution in [0, 0.1) is 28.4 Å². The molecule has 5 atom stereocenters. The van der Waals surface area contributed by atoms with Gasteiger partial charge in [-0.25, -0.2) is 13.8 Å². The van der Waals surface area contributed by atoms with Gasteiger partial charge in [0.25, 0.3) is 0 Å². The number of aliphatic hydroxyl groups is 2. The number of rotatable bonds is 9. The van der Waals surface area contributed by atoms with Gasteiger partial charge in [0.1, 0.15) is 11.6 Å². The number of aliphatic hydroxyl groups excluding tert-OH is 2. The number of unbranched alkanes of at least 4 members (excludes halogenated alkanes) is 1. The topological polar surface area (TPSA) is 94.5 Å². The van der Waals surface area contributed by atoms with E-state index in [1.54, 1.807) is 11.3 Å². The average Bonchev–Trinajstić information content (AvgIpc) is 3.24. The van der Waals surface area contributed by atoms with Gasteiger partial charge >= 0.3 is 0 Å². The van der Waals surface area contributed by atoms with Gasteiger partial charge in [0.2, 0.25) is 5.91 Å². The van der Waals surface area contributed by atoms with E-state index in [1.165, 1.54) is 12.1 Å². The van der Waals surface area contributed by atoms with Crippen LogP contribution >= 0.6 is 11.3 Å². The summed E-state index contributed by atoms with van der Waals surface area (Å²) in [5.74, 6) is -1.80. The summed E-state index contributed by atoms with van der Waals surface area (Å²) < 4.78 is 27.1. The number of carbonyl (C=O) groups is 1. The van der Waals surface area contributed by atoms with Crippen LogP contribution in [-0.4, -0.2) is 40.4 Å². The molecule has 1 amide bonds. The molecule has 0 aliphatic heterocycles. The molecule has 1 saturated carbocycles. The van der Waals surface area contributed by atoms with Crippen molar-refractivity contribution in [1.29, 1.82) is 0 Å². The lowest BCUT2D eigenvalue weighted by Gasteiger charge is -2.58. The van der Waals surface area contributed by atoms with Crippen molar-refractivity contribution >= 4 is 22.4 Å². The number of fused-ring (bicyclic) bond motifs is 2. The molecule has 2 aliphatic carbocycles. The summed E-state index contributed by atoms with van der Waals surface area (Å²) in [7, 11) is 0. The molecule has 1 aromatic carbocycles. The first-order valence-corrected chi connectivity index (χ1v) is 13.7. The van der Waals surface area contributed by atoms with Crippen molar-refractivity contribution in [2.75, 3.05) is 18.5 Å². The molecule has 0 bridgehead atoms. The van der Waals surface area contributed by atoms with Gasteiger partial charge < -0.3 is 20.8 Å². The molecular formula is C27H37F2N3O3S. The Hall–Kier alpha value is -2.10. The molecule has 0 radical (unpaired) electrons. The highest BCUT2D eigenvalue weighted by atomic mass is 32.1. The first-order chi connectivity index (χ1) is 17.1. The zero-order valence-corrected chi connectivity index (χ0v) is 22.1. The lowest BCUT2D eigenvalue weighted by atomic mass is 9.47. The number of hydrogen-bond acceptors (Lipinski definition) is 6. The van der Waals surface area contributed by atoms with E-state index >= 15 is 0 Å². The van der Waals surface area contributed by atoms with E-state index in [0.717, 1.165) is 47.6 Å². The Labute approximate surface area is 215 Å². The number of halogens is 2. The molecule has 2 aliphatic rings. The van der Waals surface area contributed by atoms with Crippen LogP contribution in [0.2, 0.25) is 0 Å². The van der Waals surface area contributed by atoms with Crippen molar-refractivity contribution < 1.29 is 23.8 Å². The first-order valence-electron chi connectivity index (χ1n) is 12.8. The summed E-state index contributed by atoms with van der Waals surface area (Å²) in [6.45, 7) is 6.96. The minimum Gasteiger partial charge on any atom is -0.396 e. The van der Waals surface area contributed by atoms with Gasteiger partial charge in [-0.15, -0.1) is 11.3 Å². The molecule has 2 aromatic rings. The molecule has 6 nitrogen and oxygen atoms in total. The van der Waals surface area contributed by atoms with E-state index in [4.69, 9.17) is 4.98 Å². The van der Waals surface area contributed by atoms with Crippen LogP contribution in [0.1, 0.15) is 74.9 Å². The summed E-state index contributed by atoms with van der Waals surface area (Å²) in [6.07, 6.45) is 3.63. The molecule has 198 valence electrons. The number of anilines is 1. The molecule has 5 unspecified atom stereocenters. The maximum atomic E-state index is 13.6. The molecule has 4 N–H and O–H groups in total. The summed E-state index contributed by atoms with van der Waals surface area (Å²) >= 11 is 1.60. The van der Waals surface area contributed by atoms with E-state index in [1.807, 2.05) is 6.92 Å². The maximum Gasteiger partial charge on any atom is 0.220 e. The highest BCUT2D eigenvalue weighted by Gasteiger charge is 2.59. The summed E-state index contributed by atoms with van der Waals surface area (Å²) in [5.41, 5.74) is 0.249. The second-order valence-corrected chi connectivity index (χ2v) is 12.0. The monoisotopic (exact) mass is 521 g/mol. The predicted molar refractivity (Wildman–Crippen MR) is 137 cm³/mol. The Morgan fingerprint density at radius 3 is 2.64 bits per heavy atom. The van der Waals surface area contributed by atoms with Gasteiger partial charge in [-0.3, -0.25) is 4.79 Å². The zero-order chi connectivity index (χ0) is 26.1. The summed E-state index contributed by atoms with van der Waals surface area (Å²) in [6, 6.07) is 3.23. The fourth-order valence-corrected chi connectivity index (χ4v) is 7.36. The van der Waals surface area contributed by atoms with Gasteiger partial charge in [0, 0.05) is 41.8 Å². The molecule has 9 heteroatoms. The largest absolute Gasteiger partial charge is 0.396 e. The van der Waals surface area contributed by atoms with Gasteiger partial charge in [-0.05, 0) is 54.7 Å². The van der Waals surface area contributed by atoms with Crippen molar-refractivity contribution in [3.05, 3.63) is 46.0 Å². The van der Waals surface area contributed by atoms with Crippen LogP contribution in [0.3, 0.4) is 0 Å². The highest BCUT2D eigenvalue weighted by molar-refractivity contribution is 7.15. The Bertz CT molecular complexity index is 1080. The Morgan fingerprint density at radius 2 is 1.97 bits per heavy atom. The van der Waals surface area contributed by atoms with Crippen LogP contribution in [0.25, 0.3) is 0 Å². The van der Waals surface area contributed by atoms with Crippen molar-refractivity contribution in [2.24, 2.45) is 16.7 Å². The minimum atomic E-state index is -0.682. The molecular weight excluding hydrogens is 484 g/mol. The summed E-state index contributed by atoms with van der Waals surface area (Å²) in [4.78, 5) is 19.2. The van der Waals surface area contributed by atoms with E-state index in [-0.39, 0.29) is 42.7 Å². The van der Waals surface area contributed by atoms with E-state index in [0.29, 0.717) is 18.4 Å². The Morgan fingerprint density at radius 1 is 1.25 bits per heavy atom. The van der Waals surface area contributed by atoms with Crippen molar-refractivity contribution in [1.82, 2.24) is 10.3 Å². The zero-order valence-electron chi connectivity index (χ0n) is 21.2. The quantitative estimate of drug-likeness (QED) is 0.357. The Kier molecular flexibility index (Phi) is 8.02. The number of aromatic nitrogens is 1. The van der Waals surface area contributed by atoms with Crippen LogP contribution in [0.4, 0.5) is 13.9 Å². The number of carbonyl (C=O) groups excluding carboxylic acids is 1. The highest BCUT2D eigenvalue weighted by Crippen LogP contribution is 2.62. The minimum absolute atomic E-state index is 0.0229. The van der Waals surface area contributed by atoms with Crippen molar-refractivity contribution in [3.63, 3.8) is 0 Å². The van der Waals surface area contributed by atoms with Crippen LogP contribution < -0.4 is 10.6 Å². The number of benzene rings is 1. The average molecular weight is 522 g/mol. The van der Waals surface area contributed by atoms with Crippen molar-refractivity contribution in [3.8, 4) is 0 Å². The number of thiazole rings is 1. The predicted octanol–water partition coefficient (Wildman–Crippen LogP) is 4.76. The second kappa shape index (κ2) is 10.7. The molecule has 0 spiro atoms. The third-order valence-electron chi connectivity index (χ3n) is 8.50. The third-order valence-corrected chi connectivity index (χ3v) is 9.55. The first kappa shape index (κ1) is 26.9. The van der Waals surface area contributed by atoms with Crippen molar-refractivity contribution in [2.45, 2.75) is 77.9 Å². The number of amides is 1. The SMILES string of the molecule is CCCCNc1nc2c(s1)CC1C(C)(CO)C(O)CCC1(C)C2CC(=O)NCc1cc(F)cc(F)c1. The smallest absolute Gasteiger partial charge is 0.220 e. The van der Waals surface area contributed by atoms with E-state index in [9.17, 15) is 23.8 Å². The molecule has 1 heterocycles. The molecule has 36 heavy (non-hydrogen) atoms. The third kappa shape index (κ3) is 5.15. The number of nitrogens with zero attached hydrogens (tertiary/aromatic N) is 1. The van der Waals surface area contributed by atoms with Gasteiger partial charge in [0.15, 0.2) is 5.13 Å². The second-order valence-electron chi connectivity index (χ2n) is 10.9. The maximum absolute atomic E-state index is 13.6. The van der Waals surface area contributed by atoms with Gasteiger partial charge in [-0.1, -0.05) is 27.2 Å². The molecule has 4 rings (SSSR count). The molecule has 0 saturated heterocycles. The van der Waals surface area contributed by atoms with Crippen LogP contribution in [-0.2, 0) is 17.8 Å². The fraction of sp³-hybridized carbons (Fsp3) is 0.630. The van der Waals surface area contributed by atoms with Gasteiger partial charge in [0.05, 0.1) is 18.4 Å². The van der Waals surface area contributed by atoms with Crippen LogP contribution in [0.15, 0.2) is 18.2 Å². The Balaban J connectivity index is 1.61. The van der Waals surface area contributed by atoms with Crippen LogP contribution in [0.5, 0.6) is 0 Å². The standard InChI is InChI=1S/C27H37F2N3O3S/c1-4-5-8-30-25-32-24-19(12-23(35)31-14-16-9-17(28)11-18(29)10-16)26(2)7-6-22(34)27(3,15-33)21(26)13-20(24)36-25/h9-11,19,21-22,33-34H,4-8,12-15H2,1-3H3,(H,30,32)(H,31,35). The van der Waals surface area contributed by atoms with E-state index < -0.39 is 23.2 Å². The lowest BCUT2D eigenvalue weighted by molar-refractivity contribution is -0.144. The lowest BCUT2D eigenvalue weighted by Crippen LogP contribution is -2.57. The number of hydrogen-bond donors (Lipinski definition) is 4. The molecule has 1 fully saturated rings. The van der Waals surface area contributed by atoms with E-state index in [2.05, 4.69) is 24.5 Å². The fourth-order valence-electron chi connectivity index (χ4n) is 6.26. The number of nitrogens with one attached hydrogen (secondary N) is 2. The molecule has 1 aromatic heterocycles. The van der Waals surface area contributed by atoms with Gasteiger partial charge in [-0.2, -0.15) is 0 Å². The summed E-state index contributed by atoms with van der Waals surface area (Å²) in [5, 5.41) is 28.3. The normalized spacial score (nSPS) is 29.4.